The molecule has 0 spiro atoms. The monoisotopic (exact) mass is 300 g/mol. The average Bonchev–Trinajstić information content (AvgIpc) is 2.46. The predicted octanol–water partition coefficient (Wildman–Crippen LogP) is 2.21. The van der Waals surface area contributed by atoms with Crippen molar-refractivity contribution in [3.05, 3.63) is 0 Å². The lowest BCUT2D eigenvalue weighted by molar-refractivity contribution is -0.143. The number of thioether (sulfide) groups is 1. The number of aliphatic carboxylic acids is 1. The van der Waals surface area contributed by atoms with Crippen LogP contribution in [0.1, 0.15) is 44.9 Å². The van der Waals surface area contributed by atoms with Gasteiger partial charge >= 0.3 is 12.0 Å². The van der Waals surface area contributed by atoms with E-state index in [0.29, 0.717) is 18.2 Å². The molecule has 3 N–H and O–H groups in total. The van der Waals surface area contributed by atoms with Crippen molar-refractivity contribution >= 4 is 23.8 Å². The Bertz CT molecular complexity index is 345. The summed E-state index contributed by atoms with van der Waals surface area (Å²) in [7, 11) is 0. The van der Waals surface area contributed by atoms with Crippen molar-refractivity contribution in [2.75, 3.05) is 12.3 Å². The van der Waals surface area contributed by atoms with Gasteiger partial charge < -0.3 is 15.7 Å². The second-order valence-corrected chi connectivity index (χ2v) is 7.15. The highest BCUT2D eigenvalue weighted by Gasteiger charge is 2.27. The van der Waals surface area contributed by atoms with Crippen LogP contribution >= 0.6 is 11.8 Å². The van der Waals surface area contributed by atoms with Gasteiger partial charge in [0, 0.05) is 17.8 Å². The Labute approximate surface area is 124 Å². The summed E-state index contributed by atoms with van der Waals surface area (Å²) in [5.41, 5.74) is 0. The Morgan fingerprint density at radius 1 is 1.15 bits per heavy atom. The second-order valence-electron chi connectivity index (χ2n) is 5.74. The summed E-state index contributed by atoms with van der Waals surface area (Å²) in [6.45, 7) is 0.714. The Morgan fingerprint density at radius 3 is 2.70 bits per heavy atom. The lowest BCUT2D eigenvalue weighted by atomic mass is 9.86. The van der Waals surface area contributed by atoms with Crippen LogP contribution < -0.4 is 10.6 Å². The Hall–Kier alpha value is -0.910. The zero-order valence-corrected chi connectivity index (χ0v) is 12.6. The highest BCUT2D eigenvalue weighted by molar-refractivity contribution is 7.99. The van der Waals surface area contributed by atoms with Crippen molar-refractivity contribution < 1.29 is 14.7 Å². The maximum Gasteiger partial charge on any atom is 0.315 e. The number of hydrogen-bond acceptors (Lipinski definition) is 3. The van der Waals surface area contributed by atoms with Crippen LogP contribution in [0.25, 0.3) is 0 Å². The van der Waals surface area contributed by atoms with Crippen LogP contribution in [0.2, 0.25) is 0 Å². The molecule has 0 aromatic rings. The third-order valence-electron chi connectivity index (χ3n) is 4.12. The minimum atomic E-state index is -0.740. The van der Waals surface area contributed by atoms with E-state index in [1.54, 1.807) is 0 Å². The van der Waals surface area contributed by atoms with Gasteiger partial charge in [-0.05, 0) is 37.9 Å². The Morgan fingerprint density at radius 2 is 2.00 bits per heavy atom. The second kappa shape index (κ2) is 7.76. The average molecular weight is 300 g/mol. The van der Waals surface area contributed by atoms with E-state index in [4.69, 9.17) is 5.11 Å². The fourth-order valence-electron chi connectivity index (χ4n) is 2.96. The summed E-state index contributed by atoms with van der Waals surface area (Å²) >= 11 is 1.94. The molecule has 5 nitrogen and oxygen atoms in total. The van der Waals surface area contributed by atoms with E-state index in [0.717, 1.165) is 19.3 Å². The van der Waals surface area contributed by atoms with Crippen LogP contribution in [0.5, 0.6) is 0 Å². The topological polar surface area (TPSA) is 78.4 Å². The van der Waals surface area contributed by atoms with Gasteiger partial charge in [-0.25, -0.2) is 4.79 Å². The normalized spacial score (nSPS) is 30.5. The summed E-state index contributed by atoms with van der Waals surface area (Å²) in [5, 5.41) is 15.4. The van der Waals surface area contributed by atoms with Crippen molar-refractivity contribution in [1.82, 2.24) is 10.6 Å². The fraction of sp³-hybridized carbons (Fsp3) is 0.857. The first kappa shape index (κ1) is 15.5. The van der Waals surface area contributed by atoms with Gasteiger partial charge in [-0.1, -0.05) is 12.8 Å². The summed E-state index contributed by atoms with van der Waals surface area (Å²) < 4.78 is 0. The van der Waals surface area contributed by atoms with Crippen molar-refractivity contribution in [3.8, 4) is 0 Å². The van der Waals surface area contributed by atoms with Crippen LogP contribution in [0.15, 0.2) is 0 Å². The molecule has 6 heteroatoms. The van der Waals surface area contributed by atoms with Crippen LogP contribution in [0, 0.1) is 5.92 Å². The van der Waals surface area contributed by atoms with Gasteiger partial charge in [0.2, 0.25) is 0 Å². The molecule has 1 saturated carbocycles. The minimum Gasteiger partial charge on any atom is -0.481 e. The standard InChI is InChI=1S/C14H24N2O3S/c17-13(18)10-4-3-5-11(8-10)16-14(19)15-9-12-6-1-2-7-20-12/h10-12H,1-9H2,(H,17,18)(H2,15,16,19). The number of carboxylic acids is 1. The van der Waals surface area contributed by atoms with Gasteiger partial charge in [-0.2, -0.15) is 11.8 Å². The van der Waals surface area contributed by atoms with Crippen molar-refractivity contribution in [1.29, 1.82) is 0 Å². The maximum absolute atomic E-state index is 11.9. The fourth-order valence-corrected chi connectivity index (χ4v) is 4.20. The first-order chi connectivity index (χ1) is 9.65. The maximum atomic E-state index is 11.9. The van der Waals surface area contributed by atoms with E-state index in [1.165, 1.54) is 25.0 Å². The van der Waals surface area contributed by atoms with Crippen LogP contribution in [-0.4, -0.2) is 40.7 Å². The number of hydrogen-bond donors (Lipinski definition) is 3. The molecule has 1 aliphatic carbocycles. The first-order valence-corrected chi connectivity index (χ1v) is 8.59. The third-order valence-corrected chi connectivity index (χ3v) is 5.52. The minimum absolute atomic E-state index is 0.00357. The highest BCUT2D eigenvalue weighted by Crippen LogP contribution is 2.25. The number of carboxylic acid groups (broad SMARTS) is 1. The molecule has 1 heterocycles. The lowest BCUT2D eigenvalue weighted by Gasteiger charge is -2.28. The molecule has 114 valence electrons. The number of amides is 2. The zero-order valence-electron chi connectivity index (χ0n) is 11.8. The molecule has 0 bridgehead atoms. The number of carbonyl (C=O) groups is 2. The number of rotatable bonds is 4. The Kier molecular flexibility index (Phi) is 6.01. The van der Waals surface area contributed by atoms with Crippen molar-refractivity contribution in [3.63, 3.8) is 0 Å². The molecule has 20 heavy (non-hydrogen) atoms. The van der Waals surface area contributed by atoms with Crippen LogP contribution in [0.4, 0.5) is 4.79 Å². The third kappa shape index (κ3) is 4.89. The zero-order chi connectivity index (χ0) is 14.4. The largest absolute Gasteiger partial charge is 0.481 e. The molecular weight excluding hydrogens is 276 g/mol. The molecule has 3 unspecified atom stereocenters. The molecule has 0 radical (unpaired) electrons. The number of carbonyl (C=O) groups excluding carboxylic acids is 1. The SMILES string of the molecule is O=C(NCC1CCCCS1)NC1CCCC(C(=O)O)C1. The summed E-state index contributed by atoms with van der Waals surface area (Å²) in [6, 6.07) is -0.143. The molecule has 1 saturated heterocycles. The van der Waals surface area contributed by atoms with Crippen LogP contribution in [-0.2, 0) is 4.79 Å². The van der Waals surface area contributed by atoms with Crippen molar-refractivity contribution in [2.45, 2.75) is 56.2 Å². The number of nitrogens with one attached hydrogen (secondary N) is 2. The predicted molar refractivity (Wildman–Crippen MR) is 80.0 cm³/mol. The summed E-state index contributed by atoms with van der Waals surface area (Å²) in [4.78, 5) is 22.8. The van der Waals surface area contributed by atoms with E-state index in [-0.39, 0.29) is 18.0 Å². The summed E-state index contributed by atoms with van der Waals surface area (Å²) in [6.07, 6.45) is 6.76. The van der Waals surface area contributed by atoms with E-state index in [1.807, 2.05) is 11.8 Å². The smallest absolute Gasteiger partial charge is 0.315 e. The quantitative estimate of drug-likeness (QED) is 0.744. The number of urea groups is 1. The van der Waals surface area contributed by atoms with Crippen LogP contribution in [0.3, 0.4) is 0 Å². The molecule has 2 aliphatic rings. The van der Waals surface area contributed by atoms with E-state index >= 15 is 0 Å². The van der Waals surface area contributed by atoms with Gasteiger partial charge in [-0.3, -0.25) is 4.79 Å². The molecule has 2 amide bonds. The van der Waals surface area contributed by atoms with Gasteiger partial charge in [0.25, 0.3) is 0 Å². The molecule has 0 aromatic carbocycles. The molecule has 0 aromatic heterocycles. The molecular formula is C14H24N2O3S. The van der Waals surface area contributed by atoms with Gasteiger partial charge in [0.15, 0.2) is 0 Å². The molecule has 2 rings (SSSR count). The Balaban J connectivity index is 1.66. The lowest BCUT2D eigenvalue weighted by Crippen LogP contribution is -2.46. The van der Waals surface area contributed by atoms with Crippen molar-refractivity contribution in [2.24, 2.45) is 5.92 Å². The molecule has 1 aliphatic heterocycles. The van der Waals surface area contributed by atoms with E-state index < -0.39 is 5.97 Å². The van der Waals surface area contributed by atoms with Gasteiger partial charge in [-0.15, -0.1) is 0 Å². The van der Waals surface area contributed by atoms with E-state index in [9.17, 15) is 9.59 Å². The molecule has 2 fully saturated rings. The highest BCUT2D eigenvalue weighted by atomic mass is 32.2. The van der Waals surface area contributed by atoms with E-state index in [2.05, 4.69) is 10.6 Å². The summed E-state index contributed by atoms with van der Waals surface area (Å²) in [5.74, 6) is 0.148. The first-order valence-electron chi connectivity index (χ1n) is 7.54. The molecule has 3 atom stereocenters. The van der Waals surface area contributed by atoms with Gasteiger partial charge in [0.05, 0.1) is 5.92 Å². The van der Waals surface area contributed by atoms with Gasteiger partial charge in [0.1, 0.15) is 0 Å².